The summed E-state index contributed by atoms with van der Waals surface area (Å²) in [6.45, 7) is 2.23. The number of benzene rings is 2. The lowest BCUT2D eigenvalue weighted by atomic mass is 9.91. The van der Waals surface area contributed by atoms with Gasteiger partial charge in [-0.3, -0.25) is 0 Å². The molecule has 0 saturated heterocycles. The van der Waals surface area contributed by atoms with Crippen LogP contribution in [0.5, 0.6) is 0 Å². The second-order valence-electron chi connectivity index (χ2n) is 6.75. The van der Waals surface area contributed by atoms with Gasteiger partial charge < -0.3 is 25.1 Å². The van der Waals surface area contributed by atoms with Crippen LogP contribution in [0.25, 0.3) is 10.9 Å². The summed E-state index contributed by atoms with van der Waals surface area (Å²) < 4.78 is 10.3. The summed E-state index contributed by atoms with van der Waals surface area (Å²) in [6.07, 6.45) is 1.96. The van der Waals surface area contributed by atoms with Crippen LogP contribution in [0.1, 0.15) is 17.0 Å². The smallest absolute Gasteiger partial charge is 0.314 e. The van der Waals surface area contributed by atoms with Gasteiger partial charge in [-0.25, -0.2) is 4.79 Å². The molecule has 0 aliphatic heterocycles. The highest BCUT2D eigenvalue weighted by Gasteiger charge is 2.21. The minimum Gasteiger partial charge on any atom is -0.382 e. The van der Waals surface area contributed by atoms with Gasteiger partial charge in [0.2, 0.25) is 0 Å². The van der Waals surface area contributed by atoms with Gasteiger partial charge in [0.25, 0.3) is 0 Å². The monoisotopic (exact) mass is 449 g/mol. The second kappa shape index (κ2) is 11.2. The third-order valence-electron chi connectivity index (χ3n) is 4.77. The fourth-order valence-corrected chi connectivity index (χ4v) is 3.83. The van der Waals surface area contributed by atoms with Crippen molar-refractivity contribution in [3.05, 3.63) is 69.8 Å². The Hall–Kier alpha value is -2.25. The number of methoxy groups -OCH3 is 1. The number of carbonyl (C=O) groups excluding carboxylic acids is 1. The number of aromatic nitrogens is 1. The van der Waals surface area contributed by atoms with E-state index in [0.29, 0.717) is 43.0 Å². The molecule has 3 rings (SSSR count). The van der Waals surface area contributed by atoms with Crippen molar-refractivity contribution in [1.82, 2.24) is 15.6 Å². The lowest BCUT2D eigenvalue weighted by Gasteiger charge is -2.20. The molecular formula is C22H25Cl2N3O3. The van der Waals surface area contributed by atoms with Crippen LogP contribution < -0.4 is 10.6 Å². The molecule has 1 heterocycles. The van der Waals surface area contributed by atoms with Crippen LogP contribution >= 0.6 is 23.2 Å². The number of H-pyrrole nitrogens is 1. The largest absolute Gasteiger partial charge is 0.382 e. The Kier molecular flexibility index (Phi) is 8.39. The Morgan fingerprint density at radius 2 is 1.90 bits per heavy atom. The van der Waals surface area contributed by atoms with Crippen molar-refractivity contribution in [1.29, 1.82) is 0 Å². The number of rotatable bonds is 10. The molecule has 8 heteroatoms. The average molecular weight is 450 g/mol. The van der Waals surface area contributed by atoms with E-state index in [4.69, 9.17) is 32.7 Å². The molecule has 0 radical (unpaired) electrons. The van der Waals surface area contributed by atoms with Gasteiger partial charge in [-0.15, -0.1) is 0 Å². The summed E-state index contributed by atoms with van der Waals surface area (Å²) in [5.41, 5.74) is 2.98. The number of ether oxygens (including phenoxy) is 2. The quantitative estimate of drug-likeness (QED) is 0.396. The van der Waals surface area contributed by atoms with E-state index in [2.05, 4.69) is 21.7 Å². The molecule has 1 aromatic heterocycles. The fourth-order valence-electron chi connectivity index (χ4n) is 3.29. The van der Waals surface area contributed by atoms with E-state index in [1.54, 1.807) is 13.2 Å². The number of urea groups is 1. The van der Waals surface area contributed by atoms with E-state index in [-0.39, 0.29) is 11.9 Å². The van der Waals surface area contributed by atoms with Crippen molar-refractivity contribution in [3.63, 3.8) is 0 Å². The lowest BCUT2D eigenvalue weighted by molar-refractivity contribution is 0.0726. The molecule has 0 saturated carbocycles. The molecule has 1 atom stereocenters. The highest BCUT2D eigenvalue weighted by molar-refractivity contribution is 6.35. The van der Waals surface area contributed by atoms with E-state index >= 15 is 0 Å². The highest BCUT2D eigenvalue weighted by atomic mass is 35.5. The fraction of sp³-hybridized carbons (Fsp3) is 0.318. The van der Waals surface area contributed by atoms with Crippen LogP contribution in [0, 0.1) is 0 Å². The van der Waals surface area contributed by atoms with E-state index < -0.39 is 0 Å². The van der Waals surface area contributed by atoms with Gasteiger partial charge in [-0.2, -0.15) is 0 Å². The number of carbonyl (C=O) groups is 1. The number of nitrogens with one attached hydrogen (secondary N) is 3. The summed E-state index contributed by atoms with van der Waals surface area (Å²) in [5, 5.41) is 7.95. The van der Waals surface area contributed by atoms with Gasteiger partial charge >= 0.3 is 6.03 Å². The molecule has 160 valence electrons. The molecule has 1 unspecified atom stereocenters. The van der Waals surface area contributed by atoms with Crippen LogP contribution in [-0.4, -0.2) is 51.0 Å². The predicted molar refractivity (Wildman–Crippen MR) is 121 cm³/mol. The maximum absolute atomic E-state index is 12.3. The van der Waals surface area contributed by atoms with Crippen molar-refractivity contribution in [2.75, 3.05) is 40.0 Å². The molecule has 2 amide bonds. The van der Waals surface area contributed by atoms with Crippen molar-refractivity contribution >= 4 is 40.1 Å². The predicted octanol–water partition coefficient (Wildman–Crippen LogP) is 4.57. The number of amides is 2. The standard InChI is InChI=1S/C22H25Cl2N3O3/c1-29-10-11-30-9-8-25-22(28)27-14-18(16-7-6-15(23)12-20(16)24)19-13-26-21-5-3-2-4-17(19)21/h2-7,12-13,18,26H,8-11,14H2,1H3,(H2,25,27,28). The zero-order valence-electron chi connectivity index (χ0n) is 16.7. The molecule has 0 bridgehead atoms. The molecule has 0 aliphatic carbocycles. The molecule has 3 N–H and O–H groups in total. The summed E-state index contributed by atoms with van der Waals surface area (Å²) in [4.78, 5) is 15.6. The number of para-hydroxylation sites is 1. The molecule has 3 aromatic rings. The Bertz CT molecular complexity index is 977. The zero-order chi connectivity index (χ0) is 21.3. The van der Waals surface area contributed by atoms with Gasteiger partial charge in [0.1, 0.15) is 0 Å². The van der Waals surface area contributed by atoms with Gasteiger partial charge in [0.15, 0.2) is 0 Å². The SMILES string of the molecule is COCCOCCNC(=O)NCC(c1ccc(Cl)cc1Cl)c1c[nH]c2ccccc12. The molecule has 2 aromatic carbocycles. The minimum absolute atomic E-state index is 0.144. The first-order valence-corrected chi connectivity index (χ1v) is 10.4. The Morgan fingerprint density at radius 1 is 1.07 bits per heavy atom. The number of fused-ring (bicyclic) bond motifs is 1. The van der Waals surface area contributed by atoms with E-state index in [1.165, 1.54) is 0 Å². The molecule has 6 nitrogen and oxygen atoms in total. The van der Waals surface area contributed by atoms with Gasteiger partial charge in [0.05, 0.1) is 19.8 Å². The van der Waals surface area contributed by atoms with Gasteiger partial charge in [-0.05, 0) is 29.3 Å². The topological polar surface area (TPSA) is 75.4 Å². The Labute approximate surface area is 185 Å². The Morgan fingerprint density at radius 3 is 2.70 bits per heavy atom. The summed E-state index contributed by atoms with van der Waals surface area (Å²) in [7, 11) is 1.62. The molecular weight excluding hydrogens is 425 g/mol. The summed E-state index contributed by atoms with van der Waals surface area (Å²) in [5.74, 6) is -0.144. The van der Waals surface area contributed by atoms with Crippen molar-refractivity contribution < 1.29 is 14.3 Å². The van der Waals surface area contributed by atoms with E-state index in [0.717, 1.165) is 22.0 Å². The first-order valence-electron chi connectivity index (χ1n) is 9.69. The number of halogens is 2. The average Bonchev–Trinajstić information content (AvgIpc) is 3.16. The first-order chi connectivity index (χ1) is 14.6. The third kappa shape index (κ3) is 5.89. The number of hydrogen-bond donors (Lipinski definition) is 3. The minimum atomic E-state index is -0.264. The van der Waals surface area contributed by atoms with Crippen LogP contribution in [0.4, 0.5) is 4.79 Å². The van der Waals surface area contributed by atoms with Crippen molar-refractivity contribution in [2.45, 2.75) is 5.92 Å². The Balaban J connectivity index is 1.70. The lowest BCUT2D eigenvalue weighted by Crippen LogP contribution is -2.39. The second-order valence-corrected chi connectivity index (χ2v) is 7.59. The number of hydrogen-bond acceptors (Lipinski definition) is 3. The normalized spacial score (nSPS) is 12.1. The zero-order valence-corrected chi connectivity index (χ0v) is 18.2. The van der Waals surface area contributed by atoms with E-state index in [9.17, 15) is 4.79 Å². The van der Waals surface area contributed by atoms with E-state index in [1.807, 2.05) is 36.5 Å². The molecule has 0 spiro atoms. The molecule has 30 heavy (non-hydrogen) atoms. The molecule has 0 fully saturated rings. The number of aromatic amines is 1. The summed E-state index contributed by atoms with van der Waals surface area (Å²) in [6, 6.07) is 13.2. The van der Waals surface area contributed by atoms with Crippen LogP contribution in [0.2, 0.25) is 10.0 Å². The highest BCUT2D eigenvalue weighted by Crippen LogP contribution is 2.35. The van der Waals surface area contributed by atoms with Crippen LogP contribution in [0.3, 0.4) is 0 Å². The van der Waals surface area contributed by atoms with Gasteiger partial charge in [-0.1, -0.05) is 47.5 Å². The third-order valence-corrected chi connectivity index (χ3v) is 5.33. The van der Waals surface area contributed by atoms with Crippen LogP contribution in [-0.2, 0) is 9.47 Å². The maximum atomic E-state index is 12.3. The van der Waals surface area contributed by atoms with Crippen molar-refractivity contribution in [3.8, 4) is 0 Å². The molecule has 0 aliphatic rings. The summed E-state index contributed by atoms with van der Waals surface area (Å²) >= 11 is 12.6. The van der Waals surface area contributed by atoms with Crippen molar-refractivity contribution in [2.24, 2.45) is 0 Å². The van der Waals surface area contributed by atoms with Crippen LogP contribution in [0.15, 0.2) is 48.7 Å². The van der Waals surface area contributed by atoms with Gasteiger partial charge in [0, 0.05) is 53.3 Å². The first kappa shape index (κ1) is 22.4. The maximum Gasteiger partial charge on any atom is 0.314 e.